The van der Waals surface area contributed by atoms with E-state index in [2.05, 4.69) is 62.5 Å². The number of carbonyl (C=O) groups is 2. The third-order valence-corrected chi connectivity index (χ3v) is 14.2. The molecular weight excluding hydrogens is 919 g/mol. The summed E-state index contributed by atoms with van der Waals surface area (Å²) in [6.07, 6.45) is 50.0. The Morgan fingerprint density at radius 1 is 0.534 bits per heavy atom. The largest absolute Gasteiger partial charge is 0.454 e. The molecule has 1 saturated heterocycles. The van der Waals surface area contributed by atoms with Gasteiger partial charge in [0.2, 0.25) is 5.91 Å². The molecule has 0 saturated carbocycles. The molecule has 8 atom stereocenters. The highest BCUT2D eigenvalue weighted by molar-refractivity contribution is 5.80. The standard InChI is InChI=1S/C62H113NO10/c1-4-7-10-13-16-19-22-24-26-28-30-32-35-38-41-44-47-50-57(67)73-60-59(69)58(68)56(51-64)72-62(60)71-52-53(54(65)48-45-42-39-36-33-21-18-15-12-9-6-3)63-61(70)55(66)49-46-43-40-37-34-31-29-27-25-23-20-17-14-11-8-5-2/h17,20,24-27,45,48,53-56,58-60,62,64-66,68-69H,4-16,18-19,21-23,28-44,46-47,49-52H2,1-3H3,(H,63,70)/b20-17-,26-24+,27-25-,48-45+. The van der Waals surface area contributed by atoms with Gasteiger partial charge in [0.25, 0.3) is 0 Å². The van der Waals surface area contributed by atoms with E-state index in [1.165, 1.54) is 128 Å². The Kier molecular flexibility index (Phi) is 47.4. The molecule has 11 nitrogen and oxygen atoms in total. The van der Waals surface area contributed by atoms with Crippen LogP contribution in [0, 0.1) is 0 Å². The lowest BCUT2D eigenvalue weighted by Gasteiger charge is -2.41. The molecule has 0 spiro atoms. The van der Waals surface area contributed by atoms with Crippen LogP contribution in [-0.2, 0) is 23.8 Å². The maximum absolute atomic E-state index is 13.4. The van der Waals surface area contributed by atoms with E-state index in [0.29, 0.717) is 12.8 Å². The van der Waals surface area contributed by atoms with E-state index in [9.17, 15) is 35.1 Å². The van der Waals surface area contributed by atoms with Crippen LogP contribution in [0.3, 0.4) is 0 Å². The quantitative estimate of drug-likeness (QED) is 0.0195. The Bertz CT molecular complexity index is 1370. The highest BCUT2D eigenvalue weighted by atomic mass is 16.7. The van der Waals surface area contributed by atoms with Crippen LogP contribution in [0.25, 0.3) is 0 Å². The smallest absolute Gasteiger partial charge is 0.306 e. The van der Waals surface area contributed by atoms with Crippen molar-refractivity contribution in [2.45, 2.75) is 320 Å². The van der Waals surface area contributed by atoms with E-state index in [1.54, 1.807) is 6.08 Å². The van der Waals surface area contributed by atoms with Crippen LogP contribution in [0.5, 0.6) is 0 Å². The van der Waals surface area contributed by atoms with Crippen LogP contribution < -0.4 is 5.32 Å². The summed E-state index contributed by atoms with van der Waals surface area (Å²) in [4.78, 5) is 26.5. The van der Waals surface area contributed by atoms with Gasteiger partial charge in [-0.15, -0.1) is 0 Å². The summed E-state index contributed by atoms with van der Waals surface area (Å²) in [5, 5.41) is 56.9. The molecule has 1 aliphatic heterocycles. The van der Waals surface area contributed by atoms with E-state index in [4.69, 9.17) is 14.2 Å². The number of nitrogens with one attached hydrogen (secondary N) is 1. The van der Waals surface area contributed by atoms with Crippen LogP contribution in [0.1, 0.15) is 271 Å². The first-order valence-corrected chi connectivity index (χ1v) is 30.4. The Morgan fingerprint density at radius 2 is 0.945 bits per heavy atom. The van der Waals surface area contributed by atoms with E-state index >= 15 is 0 Å². The summed E-state index contributed by atoms with van der Waals surface area (Å²) in [6.45, 7) is 5.75. The molecule has 6 N–H and O–H groups in total. The fraction of sp³-hybridized carbons (Fsp3) is 0.839. The van der Waals surface area contributed by atoms with Crippen molar-refractivity contribution in [2.24, 2.45) is 0 Å². The van der Waals surface area contributed by atoms with Crippen LogP contribution in [-0.4, -0.2) is 99.6 Å². The molecule has 0 aliphatic carbocycles. The number of hydrogen-bond acceptors (Lipinski definition) is 10. The zero-order valence-corrected chi connectivity index (χ0v) is 47.0. The minimum atomic E-state index is -1.62. The van der Waals surface area contributed by atoms with Gasteiger partial charge in [0, 0.05) is 6.42 Å². The summed E-state index contributed by atoms with van der Waals surface area (Å²) in [7, 11) is 0. The molecule has 1 aliphatic rings. The summed E-state index contributed by atoms with van der Waals surface area (Å²) < 4.78 is 17.6. The first-order chi connectivity index (χ1) is 35.7. The van der Waals surface area contributed by atoms with Gasteiger partial charge in [0.1, 0.15) is 24.4 Å². The summed E-state index contributed by atoms with van der Waals surface area (Å²) in [6, 6.07) is -1.03. The second kappa shape index (κ2) is 50.4. The molecule has 0 aromatic heterocycles. The van der Waals surface area contributed by atoms with Crippen LogP contribution in [0.2, 0.25) is 0 Å². The lowest BCUT2D eigenvalue weighted by atomic mass is 9.99. The molecule has 0 radical (unpaired) electrons. The lowest BCUT2D eigenvalue weighted by Crippen LogP contribution is -2.61. The molecule has 1 rings (SSSR count). The third-order valence-electron chi connectivity index (χ3n) is 14.2. The van der Waals surface area contributed by atoms with Crippen molar-refractivity contribution in [3.05, 3.63) is 48.6 Å². The molecule has 1 fully saturated rings. The van der Waals surface area contributed by atoms with E-state index in [-0.39, 0.29) is 19.4 Å². The van der Waals surface area contributed by atoms with Gasteiger partial charge in [0.15, 0.2) is 12.4 Å². The Hall–Kier alpha value is -2.38. The summed E-state index contributed by atoms with van der Waals surface area (Å²) >= 11 is 0. The molecule has 1 heterocycles. The Balaban J connectivity index is 2.69. The van der Waals surface area contributed by atoms with Gasteiger partial charge in [-0.05, 0) is 83.5 Å². The minimum Gasteiger partial charge on any atom is -0.454 e. The second-order valence-electron chi connectivity index (χ2n) is 21.1. The molecule has 426 valence electrons. The van der Waals surface area contributed by atoms with Crippen molar-refractivity contribution in [1.29, 1.82) is 0 Å². The van der Waals surface area contributed by atoms with Crippen molar-refractivity contribution in [3.8, 4) is 0 Å². The maximum atomic E-state index is 13.4. The Morgan fingerprint density at radius 3 is 1.44 bits per heavy atom. The SMILES string of the molecule is CCCCC/C=C\C/C=C\CCCCCCCCC(O)C(=O)NC(COC1OC(CO)C(O)C(O)C1OC(=O)CCCCCCCCC/C=C/CCCCCCCC)C(O)/C=C/CCCCCCCCCCC. The molecule has 11 heteroatoms. The number of aliphatic hydroxyl groups is 5. The zero-order chi connectivity index (χ0) is 53.3. The van der Waals surface area contributed by atoms with Crippen molar-refractivity contribution >= 4 is 11.9 Å². The predicted octanol–water partition coefficient (Wildman–Crippen LogP) is 14.1. The maximum Gasteiger partial charge on any atom is 0.306 e. The van der Waals surface area contributed by atoms with Crippen LogP contribution in [0.4, 0.5) is 0 Å². The Labute approximate surface area is 446 Å². The molecule has 0 bridgehead atoms. The normalized spacial score (nSPS) is 19.7. The van der Waals surface area contributed by atoms with E-state index in [0.717, 1.165) is 96.3 Å². The van der Waals surface area contributed by atoms with Gasteiger partial charge in [-0.3, -0.25) is 9.59 Å². The molecule has 8 unspecified atom stereocenters. The third kappa shape index (κ3) is 38.8. The number of ether oxygens (including phenoxy) is 3. The topological polar surface area (TPSA) is 175 Å². The zero-order valence-electron chi connectivity index (χ0n) is 47.0. The van der Waals surface area contributed by atoms with Crippen LogP contribution >= 0.6 is 0 Å². The molecule has 0 aromatic rings. The molecular formula is C62H113NO10. The minimum absolute atomic E-state index is 0.118. The number of hydrogen-bond donors (Lipinski definition) is 6. The molecule has 73 heavy (non-hydrogen) atoms. The highest BCUT2D eigenvalue weighted by Gasteiger charge is 2.47. The number of esters is 1. The first-order valence-electron chi connectivity index (χ1n) is 30.4. The van der Waals surface area contributed by atoms with Crippen molar-refractivity contribution in [1.82, 2.24) is 5.32 Å². The monoisotopic (exact) mass is 1030 g/mol. The van der Waals surface area contributed by atoms with Gasteiger partial charge in [0.05, 0.1) is 25.4 Å². The number of rotatable bonds is 51. The predicted molar refractivity (Wildman–Crippen MR) is 301 cm³/mol. The van der Waals surface area contributed by atoms with Crippen molar-refractivity contribution in [3.63, 3.8) is 0 Å². The molecule has 1 amide bonds. The number of aliphatic hydroxyl groups excluding tert-OH is 5. The fourth-order valence-corrected chi connectivity index (χ4v) is 9.32. The van der Waals surface area contributed by atoms with Crippen molar-refractivity contribution < 1.29 is 49.3 Å². The summed E-state index contributed by atoms with van der Waals surface area (Å²) in [5.74, 6) is -1.20. The van der Waals surface area contributed by atoms with Gasteiger partial charge >= 0.3 is 5.97 Å². The highest BCUT2D eigenvalue weighted by Crippen LogP contribution is 2.26. The number of allylic oxidation sites excluding steroid dienone is 7. The van der Waals surface area contributed by atoms with E-state index in [1.807, 2.05) is 6.08 Å². The average Bonchev–Trinajstić information content (AvgIpc) is 3.39. The average molecular weight is 1030 g/mol. The number of amides is 1. The van der Waals surface area contributed by atoms with E-state index < -0.39 is 67.4 Å². The molecule has 0 aromatic carbocycles. The number of carbonyl (C=O) groups excluding carboxylic acids is 2. The van der Waals surface area contributed by atoms with Gasteiger partial charge < -0.3 is 45.1 Å². The summed E-state index contributed by atoms with van der Waals surface area (Å²) in [5.41, 5.74) is 0. The number of unbranched alkanes of at least 4 members (excludes halogenated alkanes) is 31. The van der Waals surface area contributed by atoms with Crippen molar-refractivity contribution in [2.75, 3.05) is 13.2 Å². The second-order valence-corrected chi connectivity index (χ2v) is 21.1. The first kappa shape index (κ1) is 68.6. The van der Waals surface area contributed by atoms with Gasteiger partial charge in [-0.25, -0.2) is 0 Å². The van der Waals surface area contributed by atoms with Crippen LogP contribution in [0.15, 0.2) is 48.6 Å². The van der Waals surface area contributed by atoms with Gasteiger partial charge in [-0.1, -0.05) is 230 Å². The van der Waals surface area contributed by atoms with Gasteiger partial charge in [-0.2, -0.15) is 0 Å². The fourth-order valence-electron chi connectivity index (χ4n) is 9.32. The lowest BCUT2D eigenvalue weighted by molar-refractivity contribution is -0.305.